The van der Waals surface area contributed by atoms with Gasteiger partial charge in [0.15, 0.2) is 5.96 Å². The van der Waals surface area contributed by atoms with Gasteiger partial charge in [-0.05, 0) is 44.4 Å². The van der Waals surface area contributed by atoms with Gasteiger partial charge in [0.2, 0.25) is 5.91 Å². The number of carbonyl (C=O) groups excluding carboxylic acids is 2. The number of nitrogens with one attached hydrogen (secondary N) is 3. The highest BCUT2D eigenvalue weighted by atomic mass is 19.1. The Hall–Kier alpha value is -2.84. The summed E-state index contributed by atoms with van der Waals surface area (Å²) >= 11 is 0. The average molecular weight is 404 g/mol. The number of piperidine rings is 1. The summed E-state index contributed by atoms with van der Waals surface area (Å²) in [5, 5.41) is 9.10. The van der Waals surface area contributed by atoms with E-state index in [4.69, 9.17) is 0 Å². The fraction of sp³-hybridized carbons (Fsp3) is 0.550. The van der Waals surface area contributed by atoms with Crippen LogP contribution in [0.2, 0.25) is 0 Å². The van der Waals surface area contributed by atoms with Crippen LogP contribution in [0.5, 0.6) is 0 Å². The Morgan fingerprint density at radius 2 is 2.21 bits per heavy atom. The summed E-state index contributed by atoms with van der Waals surface area (Å²) in [6.45, 7) is 6.74. The molecule has 9 heteroatoms. The molecule has 0 aliphatic carbocycles. The van der Waals surface area contributed by atoms with Crippen LogP contribution in [-0.2, 0) is 4.79 Å². The zero-order chi connectivity index (χ0) is 20.8. The Bertz CT molecular complexity index is 768. The third-order valence-electron chi connectivity index (χ3n) is 5.08. The fourth-order valence-electron chi connectivity index (χ4n) is 3.64. The maximum atomic E-state index is 14.3. The number of guanidine groups is 1. The smallest absolute Gasteiger partial charge is 0.324 e. The number of halogens is 1. The van der Waals surface area contributed by atoms with E-state index in [2.05, 4.69) is 25.8 Å². The quantitative estimate of drug-likeness (QED) is 0.377. The molecule has 0 spiro atoms. The van der Waals surface area contributed by atoms with Gasteiger partial charge >= 0.3 is 6.03 Å². The minimum atomic E-state index is -0.369. The molecule has 3 amide bonds. The molecule has 1 unspecified atom stereocenters. The summed E-state index contributed by atoms with van der Waals surface area (Å²) in [5.41, 5.74) is 1.67. The molecular formula is C20H29FN6O2. The Balaban J connectivity index is 1.59. The summed E-state index contributed by atoms with van der Waals surface area (Å²) in [7, 11) is 0. The number of aliphatic imine (C=N–C) groups is 1. The van der Waals surface area contributed by atoms with Crippen LogP contribution in [-0.4, -0.2) is 68.1 Å². The summed E-state index contributed by atoms with van der Waals surface area (Å²) < 4.78 is 14.3. The van der Waals surface area contributed by atoms with Gasteiger partial charge in [0.1, 0.15) is 5.82 Å². The number of rotatable bonds is 6. The van der Waals surface area contributed by atoms with E-state index < -0.39 is 0 Å². The van der Waals surface area contributed by atoms with E-state index in [-0.39, 0.29) is 36.9 Å². The lowest BCUT2D eigenvalue weighted by molar-refractivity contribution is -0.124. The topological polar surface area (TPSA) is 89.1 Å². The number of nitrogens with zero attached hydrogens (tertiary/aromatic N) is 3. The third-order valence-corrected chi connectivity index (χ3v) is 5.08. The van der Waals surface area contributed by atoms with E-state index in [1.807, 2.05) is 19.9 Å². The molecule has 2 heterocycles. The van der Waals surface area contributed by atoms with Crippen LogP contribution < -0.4 is 20.9 Å². The van der Waals surface area contributed by atoms with Crippen LogP contribution in [0.1, 0.15) is 25.3 Å². The molecule has 0 saturated carbocycles. The predicted octanol–water partition coefficient (Wildman–Crippen LogP) is 1.21. The van der Waals surface area contributed by atoms with Gasteiger partial charge in [0.05, 0.1) is 25.3 Å². The first-order chi connectivity index (χ1) is 14.0. The van der Waals surface area contributed by atoms with E-state index in [9.17, 15) is 14.0 Å². The molecule has 3 rings (SSSR count). The lowest BCUT2D eigenvalue weighted by Gasteiger charge is -2.35. The highest BCUT2D eigenvalue weighted by molar-refractivity contribution is 6.01. The van der Waals surface area contributed by atoms with E-state index in [0.717, 1.165) is 24.9 Å². The van der Waals surface area contributed by atoms with E-state index in [0.29, 0.717) is 31.3 Å². The molecule has 2 saturated heterocycles. The molecular weight excluding hydrogens is 375 g/mol. The number of anilines is 1. The Labute approximate surface area is 170 Å². The molecule has 158 valence electrons. The summed E-state index contributed by atoms with van der Waals surface area (Å²) in [4.78, 5) is 31.0. The van der Waals surface area contributed by atoms with E-state index >= 15 is 0 Å². The molecule has 8 nitrogen and oxygen atoms in total. The number of hydrogen-bond acceptors (Lipinski definition) is 4. The molecule has 0 radical (unpaired) electrons. The van der Waals surface area contributed by atoms with Crippen molar-refractivity contribution in [1.29, 1.82) is 0 Å². The van der Waals surface area contributed by atoms with Gasteiger partial charge < -0.3 is 20.9 Å². The first kappa shape index (κ1) is 20.9. The van der Waals surface area contributed by atoms with E-state index in [1.165, 1.54) is 11.0 Å². The molecule has 2 aliphatic heterocycles. The molecule has 29 heavy (non-hydrogen) atoms. The van der Waals surface area contributed by atoms with Crippen molar-refractivity contribution in [2.45, 2.75) is 32.7 Å². The van der Waals surface area contributed by atoms with Crippen molar-refractivity contribution < 1.29 is 14.0 Å². The number of benzene rings is 1. The lowest BCUT2D eigenvalue weighted by atomic mass is 10.0. The zero-order valence-electron chi connectivity index (χ0n) is 17.0. The highest BCUT2D eigenvalue weighted by Gasteiger charge is 2.28. The third kappa shape index (κ3) is 5.36. The second kappa shape index (κ2) is 9.58. The van der Waals surface area contributed by atoms with Gasteiger partial charge in [0, 0.05) is 25.7 Å². The van der Waals surface area contributed by atoms with Crippen molar-refractivity contribution in [1.82, 2.24) is 20.9 Å². The van der Waals surface area contributed by atoms with Crippen molar-refractivity contribution in [2.24, 2.45) is 4.99 Å². The van der Waals surface area contributed by atoms with Crippen LogP contribution >= 0.6 is 0 Å². The molecule has 2 aliphatic rings. The number of imide groups is 1. The average Bonchev–Trinajstić information content (AvgIpc) is 3.02. The first-order valence-electron chi connectivity index (χ1n) is 10.1. The Kier molecular flexibility index (Phi) is 6.90. The second-order valence-electron chi connectivity index (χ2n) is 7.35. The Morgan fingerprint density at radius 3 is 2.93 bits per heavy atom. The molecule has 1 aromatic rings. The SMILES string of the molecule is CCNC(=NCCN1C(=O)CNC1=O)NC1CCCN(c2cc(C)ccc2F)C1. The lowest BCUT2D eigenvalue weighted by Crippen LogP contribution is -2.51. The van der Waals surface area contributed by atoms with Gasteiger partial charge in [-0.25, -0.2) is 9.18 Å². The van der Waals surface area contributed by atoms with Gasteiger partial charge in [0.25, 0.3) is 0 Å². The predicted molar refractivity (Wildman–Crippen MR) is 111 cm³/mol. The summed E-state index contributed by atoms with van der Waals surface area (Å²) in [6.07, 6.45) is 1.91. The van der Waals surface area contributed by atoms with Crippen molar-refractivity contribution in [2.75, 3.05) is 44.2 Å². The first-order valence-corrected chi connectivity index (χ1v) is 10.1. The molecule has 2 fully saturated rings. The molecule has 1 atom stereocenters. The van der Waals surface area contributed by atoms with Gasteiger partial charge in [-0.15, -0.1) is 0 Å². The van der Waals surface area contributed by atoms with Crippen molar-refractivity contribution in [3.05, 3.63) is 29.6 Å². The number of amides is 3. The number of carbonyl (C=O) groups is 2. The van der Waals surface area contributed by atoms with Gasteiger partial charge in [-0.2, -0.15) is 0 Å². The zero-order valence-corrected chi connectivity index (χ0v) is 17.0. The fourth-order valence-corrected chi connectivity index (χ4v) is 3.64. The monoisotopic (exact) mass is 404 g/mol. The van der Waals surface area contributed by atoms with Gasteiger partial charge in [-0.1, -0.05) is 6.07 Å². The normalized spacial score (nSPS) is 20.1. The van der Waals surface area contributed by atoms with Gasteiger partial charge in [-0.3, -0.25) is 14.7 Å². The van der Waals surface area contributed by atoms with Crippen molar-refractivity contribution >= 4 is 23.6 Å². The van der Waals surface area contributed by atoms with Crippen LogP contribution in [0.4, 0.5) is 14.9 Å². The summed E-state index contributed by atoms with van der Waals surface area (Å²) in [6, 6.07) is 4.93. The van der Waals surface area contributed by atoms with Crippen LogP contribution in [0.15, 0.2) is 23.2 Å². The maximum Gasteiger partial charge on any atom is 0.324 e. The standard InChI is InChI=1S/C20H29FN6O2/c1-3-22-19(23-8-10-27-18(28)12-24-20(27)29)25-15-5-4-9-26(13-15)17-11-14(2)6-7-16(17)21/h6-7,11,15H,3-5,8-10,12-13H2,1-2H3,(H,24,29)(H2,22,23,25). The second-order valence-corrected chi connectivity index (χ2v) is 7.35. The number of aryl methyl sites for hydroxylation is 1. The number of urea groups is 1. The molecule has 0 bridgehead atoms. The molecule has 3 N–H and O–H groups in total. The summed E-state index contributed by atoms with van der Waals surface area (Å²) in [5.74, 6) is 0.202. The largest absolute Gasteiger partial charge is 0.367 e. The minimum Gasteiger partial charge on any atom is -0.367 e. The molecule has 0 aromatic heterocycles. The van der Waals surface area contributed by atoms with Crippen LogP contribution in [0.25, 0.3) is 0 Å². The highest BCUT2D eigenvalue weighted by Crippen LogP contribution is 2.24. The maximum absolute atomic E-state index is 14.3. The van der Waals surface area contributed by atoms with Crippen LogP contribution in [0.3, 0.4) is 0 Å². The van der Waals surface area contributed by atoms with Crippen molar-refractivity contribution in [3.63, 3.8) is 0 Å². The van der Waals surface area contributed by atoms with E-state index in [1.54, 1.807) is 6.07 Å². The molecule has 1 aromatic carbocycles. The number of hydrogen-bond donors (Lipinski definition) is 3. The van der Waals surface area contributed by atoms with Crippen molar-refractivity contribution in [3.8, 4) is 0 Å². The van der Waals surface area contributed by atoms with Crippen LogP contribution in [0, 0.1) is 12.7 Å². The Morgan fingerprint density at radius 1 is 1.38 bits per heavy atom. The minimum absolute atomic E-state index is 0.0499.